The Morgan fingerprint density at radius 3 is 2.52 bits per heavy atom. The van der Waals surface area contributed by atoms with E-state index in [0.717, 1.165) is 28.4 Å². The molecule has 4 aromatic rings. The summed E-state index contributed by atoms with van der Waals surface area (Å²) in [5.41, 5.74) is 2.13. The van der Waals surface area contributed by atoms with Crippen molar-refractivity contribution >= 4 is 38.8 Å². The third kappa shape index (κ3) is 4.61. The fourth-order valence-corrected chi connectivity index (χ4v) is 3.91. The van der Waals surface area contributed by atoms with Crippen LogP contribution in [0.3, 0.4) is 0 Å². The van der Waals surface area contributed by atoms with Gasteiger partial charge in [-0.25, -0.2) is 14.8 Å². The number of nitrogens with zero attached hydrogens (tertiary/aromatic N) is 2. The molecular weight excluding hydrogens is 458 g/mol. The van der Waals surface area contributed by atoms with Crippen LogP contribution in [0.15, 0.2) is 75.9 Å². The molecule has 158 valence electrons. The highest BCUT2D eigenvalue weighted by atomic mass is 79.9. The minimum Gasteiger partial charge on any atom is -0.464 e. The average Bonchev–Trinajstić information content (AvgIpc) is 3.16. The summed E-state index contributed by atoms with van der Waals surface area (Å²) in [6.07, 6.45) is 3.19. The molecule has 1 N–H and O–H groups in total. The van der Waals surface area contributed by atoms with Gasteiger partial charge >= 0.3 is 5.97 Å². The fourth-order valence-electron chi connectivity index (χ4n) is 3.25. The Balaban J connectivity index is 1.72. The molecule has 6 nitrogen and oxygen atoms in total. The van der Waals surface area contributed by atoms with Gasteiger partial charge in [0.2, 0.25) is 5.71 Å². The number of fused-ring (bicyclic) bond motifs is 1. The first kappa shape index (κ1) is 21.1. The zero-order valence-electron chi connectivity index (χ0n) is 17.0. The first-order valence-electron chi connectivity index (χ1n) is 10.2. The molecular formula is C24H22BrN3O3. The number of carbonyl (C=O) groups is 1. The van der Waals surface area contributed by atoms with E-state index in [1.165, 1.54) is 6.33 Å². The smallest absolute Gasteiger partial charge is 0.333 e. The van der Waals surface area contributed by atoms with Crippen LogP contribution in [0, 0.1) is 0 Å². The minimum absolute atomic E-state index is 0.352. The minimum atomic E-state index is -0.710. The lowest BCUT2D eigenvalue weighted by Gasteiger charge is -2.19. The number of ether oxygens (including phenoxy) is 1. The zero-order valence-corrected chi connectivity index (χ0v) is 18.6. The number of halogens is 1. The monoisotopic (exact) mass is 479 g/mol. The van der Waals surface area contributed by atoms with Crippen LogP contribution in [0.4, 0.5) is 5.82 Å². The second-order valence-corrected chi connectivity index (χ2v) is 7.82. The van der Waals surface area contributed by atoms with Crippen molar-refractivity contribution in [2.45, 2.75) is 25.8 Å². The largest absolute Gasteiger partial charge is 0.464 e. The Labute approximate surface area is 188 Å². The summed E-state index contributed by atoms with van der Waals surface area (Å²) >= 11 is 3.64. The number of nitrogens with one attached hydrogen (secondary N) is 1. The molecule has 0 bridgehead atoms. The molecule has 2 aromatic carbocycles. The van der Waals surface area contributed by atoms with Crippen LogP contribution < -0.4 is 5.32 Å². The zero-order chi connectivity index (χ0) is 21.6. The van der Waals surface area contributed by atoms with E-state index in [0.29, 0.717) is 29.3 Å². The lowest BCUT2D eigenvalue weighted by Crippen LogP contribution is -2.24. The molecule has 7 heteroatoms. The normalized spacial score (nSPS) is 11.9. The first-order chi connectivity index (χ1) is 15.2. The summed E-state index contributed by atoms with van der Waals surface area (Å²) in [5.74, 6) is 0.791. The standard InChI is InChI=1S/C24H22BrN3O3/c1-2-3-14-30-24(29)20(16-10-6-4-7-11-16)28-22-18-19(25)21(17-12-8-5-9-13-17)31-23(18)27-15-26-22/h4-13,15,20H,2-3,14H2,1H3,(H,26,27,28)/t20-/m0/s1. The highest BCUT2D eigenvalue weighted by molar-refractivity contribution is 9.10. The van der Waals surface area contributed by atoms with Gasteiger partial charge in [0.25, 0.3) is 0 Å². The van der Waals surface area contributed by atoms with Crippen molar-refractivity contribution in [3.05, 3.63) is 77.0 Å². The molecule has 0 saturated carbocycles. The molecule has 0 fully saturated rings. The van der Waals surface area contributed by atoms with Crippen LogP contribution in [0.5, 0.6) is 0 Å². The Hall–Kier alpha value is -3.19. The number of furan rings is 1. The molecule has 1 atom stereocenters. The van der Waals surface area contributed by atoms with E-state index in [1.807, 2.05) is 60.7 Å². The van der Waals surface area contributed by atoms with Crippen LogP contribution in [-0.4, -0.2) is 22.5 Å². The summed E-state index contributed by atoms with van der Waals surface area (Å²) in [6.45, 7) is 2.44. The van der Waals surface area contributed by atoms with Gasteiger partial charge in [-0.05, 0) is 27.9 Å². The summed E-state index contributed by atoms with van der Waals surface area (Å²) in [7, 11) is 0. The topological polar surface area (TPSA) is 77.2 Å². The van der Waals surface area contributed by atoms with Crippen molar-refractivity contribution in [1.29, 1.82) is 0 Å². The second-order valence-electron chi connectivity index (χ2n) is 7.02. The van der Waals surface area contributed by atoms with E-state index < -0.39 is 6.04 Å². The quantitative estimate of drug-likeness (QED) is 0.241. The number of carbonyl (C=O) groups excluding carboxylic acids is 1. The van der Waals surface area contributed by atoms with E-state index >= 15 is 0 Å². The SMILES string of the molecule is CCCCOC(=O)[C@@H](Nc1ncnc2oc(-c3ccccc3)c(Br)c12)c1ccccc1. The number of hydrogen-bond donors (Lipinski definition) is 1. The number of hydrogen-bond acceptors (Lipinski definition) is 6. The van der Waals surface area contributed by atoms with Crippen molar-refractivity contribution in [3.63, 3.8) is 0 Å². The van der Waals surface area contributed by atoms with Gasteiger partial charge in [0.05, 0.1) is 16.5 Å². The molecule has 0 saturated heterocycles. The van der Waals surface area contributed by atoms with Gasteiger partial charge in [-0.2, -0.15) is 0 Å². The van der Waals surface area contributed by atoms with Gasteiger partial charge in [-0.15, -0.1) is 0 Å². The van der Waals surface area contributed by atoms with Gasteiger partial charge < -0.3 is 14.5 Å². The second kappa shape index (κ2) is 9.75. The molecule has 0 unspecified atom stereocenters. The van der Waals surface area contributed by atoms with E-state index in [-0.39, 0.29) is 5.97 Å². The molecule has 4 rings (SSSR count). The maximum absolute atomic E-state index is 12.9. The van der Waals surface area contributed by atoms with Gasteiger partial charge in [-0.3, -0.25) is 0 Å². The maximum atomic E-state index is 12.9. The Morgan fingerprint density at radius 1 is 1.10 bits per heavy atom. The van der Waals surface area contributed by atoms with Crippen LogP contribution in [-0.2, 0) is 9.53 Å². The lowest BCUT2D eigenvalue weighted by molar-refractivity contribution is -0.144. The molecule has 0 amide bonds. The number of benzene rings is 2. The fraction of sp³-hybridized carbons (Fsp3) is 0.208. The lowest BCUT2D eigenvalue weighted by atomic mass is 10.1. The molecule has 0 aliphatic rings. The Morgan fingerprint density at radius 2 is 1.81 bits per heavy atom. The Bertz CT molecular complexity index is 1160. The number of rotatable bonds is 8. The predicted octanol–water partition coefficient (Wildman–Crippen LogP) is 6.15. The molecule has 0 radical (unpaired) electrons. The highest BCUT2D eigenvalue weighted by Gasteiger charge is 2.26. The third-order valence-corrected chi connectivity index (χ3v) is 5.61. The van der Waals surface area contributed by atoms with Crippen molar-refractivity contribution in [2.24, 2.45) is 0 Å². The number of unbranched alkanes of at least 4 members (excludes halogenated alkanes) is 1. The first-order valence-corrected chi connectivity index (χ1v) is 10.9. The summed E-state index contributed by atoms with van der Waals surface area (Å²) in [4.78, 5) is 21.6. The van der Waals surface area contributed by atoms with E-state index in [4.69, 9.17) is 9.15 Å². The average molecular weight is 480 g/mol. The number of aromatic nitrogens is 2. The number of esters is 1. The van der Waals surface area contributed by atoms with Gasteiger partial charge in [0.1, 0.15) is 12.1 Å². The molecule has 0 aliphatic heterocycles. The van der Waals surface area contributed by atoms with Crippen molar-refractivity contribution in [3.8, 4) is 11.3 Å². The molecule has 0 aliphatic carbocycles. The summed E-state index contributed by atoms with van der Waals surface area (Å²) in [5, 5.41) is 3.93. The highest BCUT2D eigenvalue weighted by Crippen LogP contribution is 2.40. The van der Waals surface area contributed by atoms with Gasteiger partial charge in [0.15, 0.2) is 11.8 Å². The van der Waals surface area contributed by atoms with Crippen molar-refractivity contribution in [2.75, 3.05) is 11.9 Å². The van der Waals surface area contributed by atoms with Gasteiger partial charge in [-0.1, -0.05) is 74.0 Å². The predicted molar refractivity (Wildman–Crippen MR) is 124 cm³/mol. The van der Waals surface area contributed by atoms with Crippen LogP contribution in [0.2, 0.25) is 0 Å². The Kier molecular flexibility index (Phi) is 6.62. The molecule has 0 spiro atoms. The molecule has 31 heavy (non-hydrogen) atoms. The van der Waals surface area contributed by atoms with Crippen molar-refractivity contribution in [1.82, 2.24) is 9.97 Å². The third-order valence-electron chi connectivity index (χ3n) is 4.86. The summed E-state index contributed by atoms with van der Waals surface area (Å²) in [6, 6.07) is 18.5. The van der Waals surface area contributed by atoms with Crippen LogP contribution in [0.1, 0.15) is 31.4 Å². The molecule has 2 heterocycles. The van der Waals surface area contributed by atoms with E-state index in [1.54, 1.807) is 0 Å². The van der Waals surface area contributed by atoms with Gasteiger partial charge in [0, 0.05) is 5.56 Å². The van der Waals surface area contributed by atoms with Crippen LogP contribution in [0.25, 0.3) is 22.4 Å². The summed E-state index contributed by atoms with van der Waals surface area (Å²) < 4.78 is 12.2. The van der Waals surface area contributed by atoms with Crippen molar-refractivity contribution < 1.29 is 13.9 Å². The van der Waals surface area contributed by atoms with E-state index in [9.17, 15) is 4.79 Å². The molecule has 2 aromatic heterocycles. The maximum Gasteiger partial charge on any atom is 0.333 e. The van der Waals surface area contributed by atoms with E-state index in [2.05, 4.69) is 38.1 Å². The number of anilines is 1. The van der Waals surface area contributed by atoms with Crippen LogP contribution >= 0.6 is 15.9 Å².